The molecule has 0 heterocycles. The van der Waals surface area contributed by atoms with Gasteiger partial charge in [0.25, 0.3) is 5.91 Å². The minimum atomic E-state index is -1.71. The van der Waals surface area contributed by atoms with Gasteiger partial charge in [0, 0.05) is 12.1 Å². The first kappa shape index (κ1) is 24.0. The van der Waals surface area contributed by atoms with Crippen molar-refractivity contribution in [3.05, 3.63) is 107 Å². The van der Waals surface area contributed by atoms with Gasteiger partial charge < -0.3 is 9.64 Å². The van der Waals surface area contributed by atoms with Crippen molar-refractivity contribution in [2.24, 2.45) is 0 Å². The van der Waals surface area contributed by atoms with Crippen LogP contribution in [0.1, 0.15) is 37.9 Å². The Balaban J connectivity index is 2.10. The van der Waals surface area contributed by atoms with E-state index in [0.29, 0.717) is 17.7 Å². The molecule has 5 heteroatoms. The Morgan fingerprint density at radius 1 is 0.848 bits per heavy atom. The molecule has 1 atom stereocenters. The Kier molecular flexibility index (Phi) is 7.86. The van der Waals surface area contributed by atoms with Crippen LogP contribution in [0, 0.1) is 11.5 Å². The Morgan fingerprint density at radius 3 is 1.97 bits per heavy atom. The molecule has 0 bridgehead atoms. The maximum Gasteiger partial charge on any atom is 0.337 e. The first-order chi connectivity index (χ1) is 15.8. The summed E-state index contributed by atoms with van der Waals surface area (Å²) in [5.41, 5.74) is 6.39. The molecule has 0 aliphatic heterocycles. The van der Waals surface area contributed by atoms with Crippen LogP contribution in [0.5, 0.6) is 0 Å². The molecule has 0 aliphatic carbocycles. The fourth-order valence-electron chi connectivity index (χ4n) is 3.35. The summed E-state index contributed by atoms with van der Waals surface area (Å²) in [6.45, 7) is 6.95. The van der Waals surface area contributed by atoms with Crippen LogP contribution < -0.4 is 0 Å². The summed E-state index contributed by atoms with van der Waals surface area (Å²) >= 11 is 0. The zero-order valence-electron chi connectivity index (χ0n) is 19.5. The minimum Gasteiger partial charge on any atom is -0.465 e. The van der Waals surface area contributed by atoms with Crippen molar-refractivity contribution in [1.29, 1.82) is 0 Å². The summed E-state index contributed by atoms with van der Waals surface area (Å²) in [6, 6.07) is 25.9. The van der Waals surface area contributed by atoms with Crippen molar-refractivity contribution in [3.63, 3.8) is 0 Å². The van der Waals surface area contributed by atoms with Crippen LogP contribution in [-0.4, -0.2) is 32.0 Å². The lowest BCUT2D eigenvalue weighted by Gasteiger charge is -2.30. The number of nitrogens with zero attached hydrogens (tertiary/aromatic N) is 1. The normalized spacial score (nSPS) is 11.6. The maximum absolute atomic E-state index is 13.7. The van der Waals surface area contributed by atoms with Crippen LogP contribution in [0.25, 0.3) is 0 Å². The highest BCUT2D eigenvalue weighted by Crippen LogP contribution is 2.26. The number of hydrogen-bond donors (Lipinski definition) is 0. The first-order valence-corrected chi connectivity index (χ1v) is 14.4. The van der Waals surface area contributed by atoms with E-state index in [9.17, 15) is 9.59 Å². The Labute approximate surface area is 197 Å². The molecule has 0 N–H and O–H groups in total. The molecular formula is C28H29NO3Si. The van der Waals surface area contributed by atoms with E-state index in [0.717, 1.165) is 11.1 Å². The van der Waals surface area contributed by atoms with Gasteiger partial charge in [-0.25, -0.2) is 4.79 Å². The second-order valence-electron chi connectivity index (χ2n) is 8.82. The lowest BCUT2D eigenvalue weighted by atomic mass is 10.0. The zero-order chi connectivity index (χ0) is 23.8. The third-order valence-corrected chi connectivity index (χ3v) is 5.91. The van der Waals surface area contributed by atoms with Gasteiger partial charge in [0.05, 0.1) is 12.7 Å². The van der Waals surface area contributed by atoms with Crippen molar-refractivity contribution in [2.45, 2.75) is 32.2 Å². The van der Waals surface area contributed by atoms with E-state index in [1.54, 1.807) is 12.1 Å². The second-order valence-corrected chi connectivity index (χ2v) is 13.6. The van der Waals surface area contributed by atoms with Gasteiger partial charge in [0.15, 0.2) is 0 Å². The van der Waals surface area contributed by atoms with Gasteiger partial charge in [-0.3, -0.25) is 4.79 Å². The fourth-order valence-corrected chi connectivity index (χ4v) is 3.92. The van der Waals surface area contributed by atoms with E-state index >= 15 is 0 Å². The van der Waals surface area contributed by atoms with Crippen molar-refractivity contribution in [3.8, 4) is 11.5 Å². The molecule has 3 aromatic rings. The molecule has 0 spiro atoms. The molecule has 4 nitrogen and oxygen atoms in total. The molecule has 3 rings (SSSR count). The van der Waals surface area contributed by atoms with Gasteiger partial charge in [-0.15, -0.1) is 5.54 Å². The molecule has 33 heavy (non-hydrogen) atoms. The highest BCUT2D eigenvalue weighted by atomic mass is 28.3. The highest BCUT2D eigenvalue weighted by molar-refractivity contribution is 6.83. The average Bonchev–Trinajstić information content (AvgIpc) is 2.83. The number of ether oxygens (including phenoxy) is 1. The lowest BCUT2D eigenvalue weighted by molar-refractivity contribution is 0.0599. The molecule has 0 saturated carbocycles. The predicted octanol–water partition coefficient (Wildman–Crippen LogP) is 5.74. The fraction of sp³-hybridized carbons (Fsp3) is 0.214. The summed E-state index contributed by atoms with van der Waals surface area (Å²) in [7, 11) is -0.353. The zero-order valence-corrected chi connectivity index (χ0v) is 20.5. The topological polar surface area (TPSA) is 46.6 Å². The second kappa shape index (κ2) is 10.8. The molecule has 0 radical (unpaired) electrons. The van der Waals surface area contributed by atoms with Crippen molar-refractivity contribution >= 4 is 20.0 Å². The minimum absolute atomic E-state index is 0.0913. The summed E-state index contributed by atoms with van der Waals surface area (Å²) in [6.07, 6.45) is 0. The predicted molar refractivity (Wildman–Crippen MR) is 134 cm³/mol. The number of benzene rings is 3. The van der Waals surface area contributed by atoms with Crippen molar-refractivity contribution < 1.29 is 14.3 Å². The largest absolute Gasteiger partial charge is 0.465 e. The van der Waals surface area contributed by atoms with Crippen molar-refractivity contribution in [2.75, 3.05) is 7.11 Å². The molecular weight excluding hydrogens is 426 g/mol. The smallest absolute Gasteiger partial charge is 0.337 e. The van der Waals surface area contributed by atoms with Gasteiger partial charge in [-0.2, -0.15) is 0 Å². The average molecular weight is 456 g/mol. The number of rotatable bonds is 6. The monoisotopic (exact) mass is 455 g/mol. The van der Waals surface area contributed by atoms with Crippen LogP contribution in [0.3, 0.4) is 0 Å². The van der Waals surface area contributed by atoms with Crippen molar-refractivity contribution in [1.82, 2.24) is 4.90 Å². The van der Waals surface area contributed by atoms with E-state index in [4.69, 9.17) is 4.74 Å². The number of hydrogen-bond acceptors (Lipinski definition) is 3. The number of amides is 1. The highest BCUT2D eigenvalue weighted by Gasteiger charge is 2.26. The van der Waals surface area contributed by atoms with Gasteiger partial charge in [0.2, 0.25) is 0 Å². The van der Waals surface area contributed by atoms with Gasteiger partial charge in [0.1, 0.15) is 14.1 Å². The summed E-state index contributed by atoms with van der Waals surface area (Å²) < 4.78 is 4.83. The van der Waals surface area contributed by atoms with E-state index in [1.165, 1.54) is 7.11 Å². The van der Waals surface area contributed by atoms with Crippen LogP contribution in [0.4, 0.5) is 0 Å². The van der Waals surface area contributed by atoms with E-state index in [2.05, 4.69) is 31.1 Å². The van der Waals surface area contributed by atoms with Gasteiger partial charge in [-0.05, 0) is 35.4 Å². The summed E-state index contributed by atoms with van der Waals surface area (Å²) in [4.78, 5) is 27.4. The Morgan fingerprint density at radius 2 is 1.42 bits per heavy atom. The molecule has 0 aromatic heterocycles. The maximum atomic E-state index is 13.7. The van der Waals surface area contributed by atoms with Gasteiger partial charge in [-0.1, -0.05) is 86.2 Å². The summed E-state index contributed by atoms with van der Waals surface area (Å²) in [5, 5.41) is 0. The molecule has 3 aromatic carbocycles. The van der Waals surface area contributed by atoms with Gasteiger partial charge >= 0.3 is 5.97 Å². The van der Waals surface area contributed by atoms with Crippen LogP contribution in [0.15, 0.2) is 84.9 Å². The van der Waals surface area contributed by atoms with Crippen LogP contribution >= 0.6 is 0 Å². The quantitative estimate of drug-likeness (QED) is 0.271. The molecule has 0 saturated heterocycles. The molecule has 168 valence electrons. The van der Waals surface area contributed by atoms with E-state index in [1.807, 2.05) is 77.7 Å². The third kappa shape index (κ3) is 6.68. The SMILES string of the molecule is COC(=O)c1ccc(C(C#C[Si](C)(C)C)N(Cc2ccccc2)C(=O)c2ccccc2)cc1. The van der Waals surface area contributed by atoms with Crippen LogP contribution in [0.2, 0.25) is 19.6 Å². The lowest BCUT2D eigenvalue weighted by Crippen LogP contribution is -2.34. The van der Waals surface area contributed by atoms with Crippen LogP contribution in [-0.2, 0) is 11.3 Å². The third-order valence-electron chi connectivity index (χ3n) is 5.02. The van der Waals surface area contributed by atoms with E-state index in [-0.39, 0.29) is 5.91 Å². The Bertz CT molecular complexity index is 1140. The molecule has 1 amide bonds. The Hall–Kier alpha value is -3.62. The summed E-state index contributed by atoms with van der Waals surface area (Å²) in [5.74, 6) is 2.92. The molecule has 0 aliphatic rings. The number of carbonyl (C=O) groups excluding carboxylic acids is 2. The number of methoxy groups -OCH3 is 1. The number of carbonyl (C=O) groups is 2. The first-order valence-electron chi connectivity index (χ1n) is 10.9. The molecule has 0 fully saturated rings. The molecule has 1 unspecified atom stereocenters. The standard InChI is InChI=1S/C28H29NO3Si/c1-32-28(31)25-17-15-23(16-18-25)26(19-20-33(2,3)4)29(21-22-11-7-5-8-12-22)27(30)24-13-9-6-10-14-24/h5-18,26H,21H2,1-4H3. The number of esters is 1. The van der Waals surface area contributed by atoms with E-state index < -0.39 is 20.1 Å².